The molecule has 2 aromatic rings. The molecule has 2 aliphatic heterocycles. The summed E-state index contributed by atoms with van der Waals surface area (Å²) in [4.78, 5) is 18.5. The summed E-state index contributed by atoms with van der Waals surface area (Å²) in [5, 5.41) is 10.8. The van der Waals surface area contributed by atoms with E-state index >= 15 is 0 Å². The monoisotopic (exact) mass is 340 g/mol. The lowest BCUT2D eigenvalue weighted by atomic mass is 9.85. The summed E-state index contributed by atoms with van der Waals surface area (Å²) in [5.74, 6) is 1.47. The molecule has 2 aliphatic rings. The molecule has 0 aliphatic carbocycles. The van der Waals surface area contributed by atoms with E-state index in [4.69, 9.17) is 9.47 Å². The maximum Gasteiger partial charge on any atom is 0.231 e. The Hall–Kier alpha value is -2.60. The lowest BCUT2D eigenvalue weighted by molar-refractivity contribution is -0.135. The fourth-order valence-corrected chi connectivity index (χ4v) is 3.39. The van der Waals surface area contributed by atoms with E-state index in [2.05, 4.69) is 4.98 Å². The number of rotatable bonds is 3. The van der Waals surface area contributed by atoms with Gasteiger partial charge in [0.1, 0.15) is 0 Å². The molecular formula is C19H20N2O4. The number of amides is 1. The number of carbonyl (C=O) groups excluding carboxylic acids is 1. The number of pyridine rings is 1. The number of fused-ring (bicyclic) bond motifs is 1. The Labute approximate surface area is 146 Å². The molecule has 0 bridgehead atoms. The van der Waals surface area contributed by atoms with Gasteiger partial charge in [0, 0.05) is 31.0 Å². The van der Waals surface area contributed by atoms with Crippen LogP contribution in [0, 0.1) is 0 Å². The smallest absolute Gasteiger partial charge is 0.231 e. The highest BCUT2D eigenvalue weighted by Gasteiger charge is 2.35. The van der Waals surface area contributed by atoms with E-state index in [9.17, 15) is 9.90 Å². The number of aliphatic hydroxyl groups is 1. The lowest BCUT2D eigenvalue weighted by Gasteiger charge is -2.38. The maximum absolute atomic E-state index is 12.6. The molecule has 0 unspecified atom stereocenters. The van der Waals surface area contributed by atoms with Crippen molar-refractivity contribution in [3.05, 3.63) is 53.9 Å². The standard InChI is InChI=1S/C19H20N2O4/c22-18(11-14-3-4-16-17(10-14)25-13-24-16)21-8-5-19(23,6-9-21)15-2-1-7-20-12-15/h1-4,7,10,12,23H,5-6,8-9,11,13H2. The summed E-state index contributed by atoms with van der Waals surface area (Å²) < 4.78 is 10.6. The van der Waals surface area contributed by atoms with Crippen LogP contribution < -0.4 is 9.47 Å². The van der Waals surface area contributed by atoms with Crippen LogP contribution in [0.15, 0.2) is 42.7 Å². The fourth-order valence-electron chi connectivity index (χ4n) is 3.39. The second kappa shape index (κ2) is 6.37. The molecular weight excluding hydrogens is 320 g/mol. The second-order valence-electron chi connectivity index (χ2n) is 6.52. The van der Waals surface area contributed by atoms with Crippen molar-refractivity contribution in [3.63, 3.8) is 0 Å². The van der Waals surface area contributed by atoms with E-state index in [0.29, 0.717) is 38.1 Å². The summed E-state index contributed by atoms with van der Waals surface area (Å²) >= 11 is 0. The zero-order valence-corrected chi connectivity index (χ0v) is 13.9. The summed E-state index contributed by atoms with van der Waals surface area (Å²) in [7, 11) is 0. The van der Waals surface area contributed by atoms with E-state index in [0.717, 1.165) is 16.9 Å². The zero-order valence-electron chi connectivity index (χ0n) is 13.9. The number of aromatic nitrogens is 1. The molecule has 1 fully saturated rings. The van der Waals surface area contributed by atoms with E-state index in [-0.39, 0.29) is 12.7 Å². The van der Waals surface area contributed by atoms with Crippen molar-refractivity contribution in [2.24, 2.45) is 0 Å². The predicted molar refractivity (Wildman–Crippen MR) is 90.2 cm³/mol. The van der Waals surface area contributed by atoms with Crippen LogP contribution in [0.5, 0.6) is 11.5 Å². The van der Waals surface area contributed by atoms with Gasteiger partial charge in [-0.15, -0.1) is 0 Å². The van der Waals surface area contributed by atoms with Crippen LogP contribution in [0.4, 0.5) is 0 Å². The Morgan fingerprint density at radius 1 is 1.20 bits per heavy atom. The molecule has 130 valence electrons. The van der Waals surface area contributed by atoms with Crippen molar-refractivity contribution in [1.82, 2.24) is 9.88 Å². The van der Waals surface area contributed by atoms with Gasteiger partial charge in [-0.3, -0.25) is 9.78 Å². The summed E-state index contributed by atoms with van der Waals surface area (Å²) in [6.07, 6.45) is 4.75. The highest BCUT2D eigenvalue weighted by molar-refractivity contribution is 5.79. The Morgan fingerprint density at radius 3 is 2.76 bits per heavy atom. The molecule has 0 saturated carbocycles. The number of carbonyl (C=O) groups is 1. The Bertz CT molecular complexity index is 770. The van der Waals surface area contributed by atoms with E-state index < -0.39 is 5.60 Å². The minimum atomic E-state index is -0.899. The van der Waals surface area contributed by atoms with Gasteiger partial charge >= 0.3 is 0 Å². The van der Waals surface area contributed by atoms with Crippen molar-refractivity contribution < 1.29 is 19.4 Å². The fraction of sp³-hybridized carbons (Fsp3) is 0.368. The van der Waals surface area contributed by atoms with Gasteiger partial charge in [-0.1, -0.05) is 12.1 Å². The first-order chi connectivity index (χ1) is 12.1. The normalized spacial score (nSPS) is 18.2. The number of piperidine rings is 1. The van der Waals surface area contributed by atoms with E-state index in [1.807, 2.05) is 35.2 Å². The first kappa shape index (κ1) is 15.9. The third-order valence-electron chi connectivity index (χ3n) is 4.93. The Morgan fingerprint density at radius 2 is 2.00 bits per heavy atom. The molecule has 6 nitrogen and oxygen atoms in total. The molecule has 1 aromatic heterocycles. The summed E-state index contributed by atoms with van der Waals surface area (Å²) in [5.41, 5.74) is 0.823. The molecule has 1 amide bonds. The van der Waals surface area contributed by atoms with Crippen LogP contribution in [-0.2, 0) is 16.8 Å². The molecule has 0 radical (unpaired) electrons. The van der Waals surface area contributed by atoms with Gasteiger partial charge < -0.3 is 19.5 Å². The Balaban J connectivity index is 1.38. The van der Waals surface area contributed by atoms with Crippen LogP contribution in [0.25, 0.3) is 0 Å². The zero-order chi connectivity index (χ0) is 17.3. The first-order valence-electron chi connectivity index (χ1n) is 8.43. The topological polar surface area (TPSA) is 71.9 Å². The highest BCUT2D eigenvalue weighted by Crippen LogP contribution is 2.34. The van der Waals surface area contributed by atoms with Gasteiger partial charge in [-0.25, -0.2) is 0 Å². The van der Waals surface area contributed by atoms with Gasteiger partial charge in [0.25, 0.3) is 0 Å². The number of ether oxygens (including phenoxy) is 2. The molecule has 1 N–H and O–H groups in total. The van der Waals surface area contributed by atoms with Gasteiger partial charge in [0.15, 0.2) is 11.5 Å². The van der Waals surface area contributed by atoms with Gasteiger partial charge in [0.2, 0.25) is 12.7 Å². The molecule has 0 atom stereocenters. The second-order valence-corrected chi connectivity index (χ2v) is 6.52. The summed E-state index contributed by atoms with van der Waals surface area (Å²) in [6, 6.07) is 9.29. The van der Waals surface area contributed by atoms with Crippen molar-refractivity contribution in [2.75, 3.05) is 19.9 Å². The van der Waals surface area contributed by atoms with Crippen LogP contribution in [0.1, 0.15) is 24.0 Å². The van der Waals surface area contributed by atoms with Gasteiger partial charge in [-0.2, -0.15) is 0 Å². The van der Waals surface area contributed by atoms with Gasteiger partial charge in [0.05, 0.1) is 12.0 Å². The quantitative estimate of drug-likeness (QED) is 0.923. The van der Waals surface area contributed by atoms with Crippen LogP contribution in [0.2, 0.25) is 0 Å². The van der Waals surface area contributed by atoms with E-state index in [1.54, 1.807) is 12.4 Å². The molecule has 1 aromatic carbocycles. The highest BCUT2D eigenvalue weighted by atomic mass is 16.7. The largest absolute Gasteiger partial charge is 0.454 e. The number of hydrogen-bond donors (Lipinski definition) is 1. The SMILES string of the molecule is O=C(Cc1ccc2c(c1)OCO2)N1CCC(O)(c2cccnc2)CC1. The molecule has 1 saturated heterocycles. The van der Waals surface area contributed by atoms with Crippen molar-refractivity contribution in [3.8, 4) is 11.5 Å². The average molecular weight is 340 g/mol. The predicted octanol–water partition coefficient (Wildman–Crippen LogP) is 1.86. The molecule has 25 heavy (non-hydrogen) atoms. The minimum Gasteiger partial charge on any atom is -0.454 e. The van der Waals surface area contributed by atoms with Crippen molar-refractivity contribution in [1.29, 1.82) is 0 Å². The van der Waals surface area contributed by atoms with Crippen LogP contribution in [0.3, 0.4) is 0 Å². The number of hydrogen-bond acceptors (Lipinski definition) is 5. The molecule has 3 heterocycles. The van der Waals surface area contributed by atoms with Gasteiger partial charge in [-0.05, 0) is 36.6 Å². The Kier molecular flexibility index (Phi) is 4.05. The van der Waals surface area contributed by atoms with Crippen molar-refractivity contribution >= 4 is 5.91 Å². The minimum absolute atomic E-state index is 0.0621. The molecule has 6 heteroatoms. The average Bonchev–Trinajstić information content (AvgIpc) is 3.11. The van der Waals surface area contributed by atoms with E-state index in [1.165, 1.54) is 0 Å². The third kappa shape index (κ3) is 3.17. The molecule has 4 rings (SSSR count). The number of benzene rings is 1. The maximum atomic E-state index is 12.6. The third-order valence-corrected chi connectivity index (χ3v) is 4.93. The number of likely N-dealkylation sites (tertiary alicyclic amines) is 1. The van der Waals surface area contributed by atoms with Crippen LogP contribution in [-0.4, -0.2) is 40.8 Å². The van der Waals surface area contributed by atoms with Crippen LogP contribution >= 0.6 is 0 Å². The summed E-state index contributed by atoms with van der Waals surface area (Å²) in [6.45, 7) is 1.30. The first-order valence-corrected chi connectivity index (χ1v) is 8.43. The molecule has 0 spiro atoms. The lowest BCUT2D eigenvalue weighted by Crippen LogP contribution is -2.45. The number of nitrogens with zero attached hydrogens (tertiary/aromatic N) is 2. The van der Waals surface area contributed by atoms with Crippen molar-refractivity contribution in [2.45, 2.75) is 24.9 Å².